The van der Waals surface area contributed by atoms with E-state index in [0.717, 1.165) is 37.5 Å². The van der Waals surface area contributed by atoms with Crippen LogP contribution in [-0.4, -0.2) is 41.7 Å². The molecule has 0 aliphatic carbocycles. The van der Waals surface area contributed by atoms with Crippen LogP contribution in [0.3, 0.4) is 0 Å². The summed E-state index contributed by atoms with van der Waals surface area (Å²) in [5.41, 5.74) is 5.08. The summed E-state index contributed by atoms with van der Waals surface area (Å²) in [6.07, 6.45) is 3.50. The zero-order valence-corrected chi connectivity index (χ0v) is 23.2. The van der Waals surface area contributed by atoms with Gasteiger partial charge in [-0.2, -0.15) is 0 Å². The van der Waals surface area contributed by atoms with Gasteiger partial charge >= 0.3 is 12.0 Å². The van der Waals surface area contributed by atoms with Gasteiger partial charge in [0.15, 0.2) is 6.10 Å². The minimum absolute atomic E-state index is 0.308. The summed E-state index contributed by atoms with van der Waals surface area (Å²) >= 11 is 7.65. The Morgan fingerprint density at radius 3 is 2.33 bits per heavy atom. The fraction of sp³-hybridized carbons (Fsp3) is 0.207. The Hall–Kier alpha value is -3.92. The van der Waals surface area contributed by atoms with E-state index in [9.17, 15) is 15.0 Å². The van der Waals surface area contributed by atoms with E-state index in [2.05, 4.69) is 15.0 Å². The van der Waals surface area contributed by atoms with Gasteiger partial charge in [-0.3, -0.25) is 4.98 Å². The Bertz CT molecular complexity index is 1680. The number of aromatic hydroxyl groups is 1. The number of rotatable bonds is 6. The summed E-state index contributed by atoms with van der Waals surface area (Å²) in [6.45, 7) is 7.39. The minimum atomic E-state index is -1.19. The predicted molar refractivity (Wildman–Crippen MR) is 152 cm³/mol. The molecule has 5 rings (SSSR count). The number of halogens is 1. The Morgan fingerprint density at radius 1 is 1.00 bits per heavy atom. The van der Waals surface area contributed by atoms with Crippen LogP contribution in [0, 0.1) is 6.92 Å². The Kier molecular flexibility index (Phi) is 7.07. The van der Waals surface area contributed by atoms with Crippen molar-refractivity contribution in [2.75, 3.05) is 0 Å². The first kappa shape index (κ1) is 26.7. The molecule has 0 radical (unpaired) electrons. The van der Waals surface area contributed by atoms with Gasteiger partial charge < -0.3 is 14.9 Å². The Balaban J connectivity index is 1.73. The molecule has 10 heteroatoms. The van der Waals surface area contributed by atoms with Gasteiger partial charge in [-0.05, 0) is 69.2 Å². The highest BCUT2D eigenvalue weighted by molar-refractivity contribution is 7.22. The second-order valence-corrected chi connectivity index (χ2v) is 11.4. The van der Waals surface area contributed by atoms with Crippen LogP contribution in [0.4, 0.5) is 0 Å². The van der Waals surface area contributed by atoms with E-state index in [4.69, 9.17) is 21.3 Å². The molecular formula is C29H25ClN4O4S. The van der Waals surface area contributed by atoms with Gasteiger partial charge in [0.25, 0.3) is 0 Å². The van der Waals surface area contributed by atoms with Crippen molar-refractivity contribution in [3.63, 3.8) is 0 Å². The van der Waals surface area contributed by atoms with Crippen molar-refractivity contribution in [1.29, 1.82) is 0 Å². The molecule has 2 aromatic carbocycles. The fourth-order valence-corrected chi connectivity index (χ4v) is 5.58. The normalized spacial score (nSPS) is 12.5. The monoisotopic (exact) mass is 560 g/mol. The zero-order valence-electron chi connectivity index (χ0n) is 21.6. The molecule has 5 aromatic rings. The molecule has 2 N–H and O–H groups in total. The van der Waals surface area contributed by atoms with E-state index >= 15 is 0 Å². The average Bonchev–Trinajstić information content (AvgIpc) is 3.31. The number of nitrogens with zero attached hydrogens (tertiary/aromatic N) is 4. The van der Waals surface area contributed by atoms with Crippen LogP contribution in [-0.2, 0) is 9.53 Å². The van der Waals surface area contributed by atoms with Crippen LogP contribution in [0.15, 0.2) is 61.1 Å². The van der Waals surface area contributed by atoms with Gasteiger partial charge in [0.1, 0.15) is 5.01 Å². The number of fused-ring (bicyclic) bond motifs is 1. The molecule has 0 aliphatic rings. The van der Waals surface area contributed by atoms with Gasteiger partial charge in [-0.15, -0.1) is 11.3 Å². The highest BCUT2D eigenvalue weighted by Gasteiger charge is 2.32. The lowest BCUT2D eigenvalue weighted by Crippen LogP contribution is -2.28. The lowest BCUT2D eigenvalue weighted by Gasteiger charge is -2.28. The molecule has 1 atom stereocenters. The molecule has 39 heavy (non-hydrogen) atoms. The summed E-state index contributed by atoms with van der Waals surface area (Å²) < 4.78 is 6.92. The Labute approximate surface area is 234 Å². The third kappa shape index (κ3) is 5.61. The first-order valence-corrected chi connectivity index (χ1v) is 13.3. The first-order valence-electron chi connectivity index (χ1n) is 12.1. The zero-order chi connectivity index (χ0) is 27.9. The SMILES string of the molecule is Cc1cc2nc(-c3ccnc(-c4cnc(O)nc4)c3)sc2c(-c2ccc(Cl)cc2)c1[C@H](OC(C)(C)C)C(=O)O. The van der Waals surface area contributed by atoms with E-state index in [-0.39, 0.29) is 6.01 Å². The van der Waals surface area contributed by atoms with Crippen molar-refractivity contribution >= 4 is 39.1 Å². The summed E-state index contributed by atoms with van der Waals surface area (Å²) in [7, 11) is 0. The predicted octanol–water partition coefficient (Wildman–Crippen LogP) is 7.09. The fourth-order valence-electron chi connectivity index (χ4n) is 4.34. The third-order valence-corrected chi connectivity index (χ3v) is 7.35. The van der Waals surface area contributed by atoms with Crippen molar-refractivity contribution in [1.82, 2.24) is 19.9 Å². The van der Waals surface area contributed by atoms with Crippen LogP contribution >= 0.6 is 22.9 Å². The number of hydrogen-bond acceptors (Lipinski definition) is 8. The number of thiazole rings is 1. The lowest BCUT2D eigenvalue weighted by atomic mass is 9.91. The van der Waals surface area contributed by atoms with Crippen molar-refractivity contribution in [3.8, 4) is 39.0 Å². The van der Waals surface area contributed by atoms with Crippen LogP contribution in [0.2, 0.25) is 5.02 Å². The molecule has 0 aliphatic heterocycles. The number of pyridine rings is 1. The average molecular weight is 561 g/mol. The Morgan fingerprint density at radius 2 is 1.69 bits per heavy atom. The van der Waals surface area contributed by atoms with E-state index in [1.54, 1.807) is 18.3 Å². The molecule has 3 aromatic heterocycles. The summed E-state index contributed by atoms with van der Waals surface area (Å²) in [5, 5.41) is 21.0. The van der Waals surface area contributed by atoms with E-state index in [1.165, 1.54) is 23.7 Å². The molecule has 0 saturated carbocycles. The third-order valence-electron chi connectivity index (χ3n) is 5.96. The van der Waals surface area contributed by atoms with Crippen LogP contribution in [0.1, 0.15) is 38.0 Å². The smallest absolute Gasteiger partial charge is 0.337 e. The van der Waals surface area contributed by atoms with Gasteiger partial charge in [0.2, 0.25) is 0 Å². The number of hydrogen-bond donors (Lipinski definition) is 2. The number of carbonyl (C=O) groups is 1. The topological polar surface area (TPSA) is 118 Å². The second kappa shape index (κ2) is 10.3. The van der Waals surface area contributed by atoms with Crippen LogP contribution in [0.25, 0.3) is 43.2 Å². The standard InChI is InChI=1S/C29H25ClN4O4S/c1-15-11-21-25(39-26(34-21)17-9-10-31-20(12-17)18-13-32-28(37)33-14-18)23(16-5-7-19(30)8-6-16)22(15)24(27(35)36)38-29(2,3)4/h5-14,24H,1-4H3,(H,35,36)(H,32,33,37)/t24-/m0/s1. The molecule has 0 spiro atoms. The molecule has 3 heterocycles. The second-order valence-electron chi connectivity index (χ2n) is 10.0. The first-order chi connectivity index (χ1) is 18.5. The molecule has 8 nitrogen and oxygen atoms in total. The van der Waals surface area contributed by atoms with Gasteiger partial charge in [0, 0.05) is 45.9 Å². The van der Waals surface area contributed by atoms with Crippen molar-refractivity contribution < 1.29 is 19.7 Å². The van der Waals surface area contributed by atoms with Crippen molar-refractivity contribution in [2.45, 2.75) is 39.4 Å². The summed E-state index contributed by atoms with van der Waals surface area (Å²) in [6, 6.07) is 12.7. The molecule has 0 amide bonds. The molecule has 198 valence electrons. The summed E-state index contributed by atoms with van der Waals surface area (Å²) in [5.74, 6) is -1.07. The van der Waals surface area contributed by atoms with Crippen molar-refractivity contribution in [2.24, 2.45) is 0 Å². The number of ether oxygens (including phenoxy) is 1. The molecule has 0 unspecified atom stereocenters. The molecule has 0 bridgehead atoms. The van der Waals surface area contributed by atoms with Crippen LogP contribution in [0.5, 0.6) is 6.01 Å². The number of benzene rings is 2. The number of carboxylic acid groups (broad SMARTS) is 1. The maximum absolute atomic E-state index is 12.5. The number of carboxylic acids is 1. The lowest BCUT2D eigenvalue weighted by molar-refractivity contribution is -0.160. The van der Waals surface area contributed by atoms with E-state index in [1.807, 2.05) is 58.0 Å². The highest BCUT2D eigenvalue weighted by Crippen LogP contribution is 2.44. The minimum Gasteiger partial charge on any atom is -0.479 e. The highest BCUT2D eigenvalue weighted by atomic mass is 35.5. The molecule has 0 saturated heterocycles. The molecule has 0 fully saturated rings. The quantitative estimate of drug-likeness (QED) is 0.226. The van der Waals surface area contributed by atoms with E-state index in [0.29, 0.717) is 21.8 Å². The largest absolute Gasteiger partial charge is 0.479 e. The number of aromatic nitrogens is 4. The van der Waals surface area contributed by atoms with Gasteiger partial charge in [-0.25, -0.2) is 19.7 Å². The van der Waals surface area contributed by atoms with Crippen molar-refractivity contribution in [3.05, 3.63) is 77.2 Å². The molecular weight excluding hydrogens is 536 g/mol. The van der Waals surface area contributed by atoms with Gasteiger partial charge in [0.05, 0.1) is 21.5 Å². The number of aliphatic carboxylic acids is 1. The summed E-state index contributed by atoms with van der Waals surface area (Å²) in [4.78, 5) is 29.6. The van der Waals surface area contributed by atoms with Gasteiger partial charge in [-0.1, -0.05) is 23.7 Å². The number of aryl methyl sites for hydroxylation is 1. The maximum atomic E-state index is 12.5. The van der Waals surface area contributed by atoms with Crippen LogP contribution < -0.4 is 0 Å². The maximum Gasteiger partial charge on any atom is 0.337 e. The van der Waals surface area contributed by atoms with E-state index < -0.39 is 17.7 Å².